The number of aromatic nitrogens is 2. The number of ether oxygens (including phenoxy) is 1. The van der Waals surface area contributed by atoms with Crippen LogP contribution in [-0.4, -0.2) is 15.9 Å². The van der Waals surface area contributed by atoms with E-state index in [1.165, 1.54) is 10.9 Å². The Kier molecular flexibility index (Phi) is 4.57. The lowest BCUT2D eigenvalue weighted by Crippen LogP contribution is -2.23. The van der Waals surface area contributed by atoms with Crippen LogP contribution in [0.5, 0.6) is 5.75 Å². The maximum atomic E-state index is 13.1. The first-order chi connectivity index (χ1) is 14.8. The van der Waals surface area contributed by atoms with Crippen LogP contribution in [0.25, 0.3) is 21.7 Å². The van der Waals surface area contributed by atoms with Gasteiger partial charge in [-0.25, -0.2) is 4.98 Å². The molecule has 0 radical (unpaired) electrons. The highest BCUT2D eigenvalue weighted by molar-refractivity contribution is 5.88. The van der Waals surface area contributed by atoms with Crippen molar-refractivity contribution in [3.8, 4) is 5.75 Å². The molecule has 0 bridgehead atoms. The maximum absolute atomic E-state index is 13.1. The van der Waals surface area contributed by atoms with Gasteiger partial charge in [-0.3, -0.25) is 4.79 Å². The highest BCUT2D eigenvalue weighted by Crippen LogP contribution is 2.25. The molecule has 30 heavy (non-hydrogen) atoms. The fourth-order valence-electron chi connectivity index (χ4n) is 3.33. The van der Waals surface area contributed by atoms with Crippen LogP contribution in [0, 0.1) is 0 Å². The predicted octanol–water partition coefficient (Wildman–Crippen LogP) is 4.60. The molecule has 3 aromatic carbocycles. The van der Waals surface area contributed by atoms with Crippen LogP contribution in [0.4, 0.5) is 0 Å². The fraction of sp³-hybridized carbons (Fsp3) is 0.0417. The number of hydrogen-bond donors (Lipinski definition) is 0. The summed E-state index contributed by atoms with van der Waals surface area (Å²) in [6, 6.07) is 24.6. The first kappa shape index (κ1) is 17.9. The second-order valence-corrected chi connectivity index (χ2v) is 6.69. The molecule has 0 N–H and O–H groups in total. The van der Waals surface area contributed by atoms with Crippen LogP contribution in [0.1, 0.15) is 11.6 Å². The molecule has 0 saturated carbocycles. The van der Waals surface area contributed by atoms with Gasteiger partial charge in [-0.1, -0.05) is 48.5 Å². The summed E-state index contributed by atoms with van der Waals surface area (Å²) in [6.45, 7) is 0.0869. The normalized spacial score (nSPS) is 11.5. The van der Waals surface area contributed by atoms with E-state index in [1.807, 2.05) is 48.5 Å². The summed E-state index contributed by atoms with van der Waals surface area (Å²) < 4.78 is 12.6. The van der Waals surface area contributed by atoms with Gasteiger partial charge in [-0.05, 0) is 35.7 Å². The quantitative estimate of drug-likeness (QED) is 0.408. The molecule has 6 heteroatoms. The highest BCUT2D eigenvalue weighted by atomic mass is 16.5. The summed E-state index contributed by atoms with van der Waals surface area (Å²) >= 11 is 0. The largest absolute Gasteiger partial charge is 0.485 e. The highest BCUT2D eigenvalue weighted by Gasteiger charge is 2.12. The molecule has 0 atom stereocenters. The number of nitrogens with zero attached hydrogens (tertiary/aromatic N) is 3. The van der Waals surface area contributed by atoms with Gasteiger partial charge in [0, 0.05) is 5.39 Å². The fourth-order valence-corrected chi connectivity index (χ4v) is 3.33. The Morgan fingerprint density at radius 2 is 1.73 bits per heavy atom. The van der Waals surface area contributed by atoms with Gasteiger partial charge in [0.2, 0.25) is 0 Å². The lowest BCUT2D eigenvalue weighted by atomic mass is 10.1. The lowest BCUT2D eigenvalue weighted by molar-refractivity contribution is 0.293. The number of para-hydroxylation sites is 1. The van der Waals surface area contributed by atoms with Gasteiger partial charge in [-0.2, -0.15) is 9.78 Å². The zero-order valence-corrected chi connectivity index (χ0v) is 15.9. The van der Waals surface area contributed by atoms with Crippen molar-refractivity contribution in [3.05, 3.63) is 107 Å². The summed E-state index contributed by atoms with van der Waals surface area (Å²) in [5.41, 5.74) is 0.336. The van der Waals surface area contributed by atoms with Gasteiger partial charge in [-0.15, -0.1) is 0 Å². The van der Waals surface area contributed by atoms with Gasteiger partial charge in [0.05, 0.1) is 23.4 Å². The van der Waals surface area contributed by atoms with Crippen LogP contribution < -0.4 is 10.3 Å². The van der Waals surface area contributed by atoms with Crippen LogP contribution in [-0.2, 0) is 6.61 Å². The van der Waals surface area contributed by atoms with E-state index >= 15 is 0 Å². The SMILES string of the molecule is O=c1c2ccccc2nc(COc2cccc3ccccc23)n1N=Cc1ccco1. The van der Waals surface area contributed by atoms with Crippen LogP contribution in [0.2, 0.25) is 0 Å². The van der Waals surface area contributed by atoms with Crippen molar-refractivity contribution in [3.63, 3.8) is 0 Å². The predicted molar refractivity (Wildman–Crippen MR) is 116 cm³/mol. The van der Waals surface area contributed by atoms with Crippen molar-refractivity contribution >= 4 is 27.9 Å². The minimum absolute atomic E-state index is 0.0869. The average Bonchev–Trinajstić information content (AvgIpc) is 3.31. The van der Waals surface area contributed by atoms with Crippen molar-refractivity contribution in [2.24, 2.45) is 5.10 Å². The van der Waals surface area contributed by atoms with Crippen molar-refractivity contribution in [2.75, 3.05) is 0 Å². The van der Waals surface area contributed by atoms with Crippen molar-refractivity contribution in [2.45, 2.75) is 6.61 Å². The first-order valence-electron chi connectivity index (χ1n) is 9.49. The van der Waals surface area contributed by atoms with E-state index in [2.05, 4.69) is 10.1 Å². The molecule has 146 valence electrons. The van der Waals surface area contributed by atoms with E-state index in [1.54, 1.807) is 36.6 Å². The van der Waals surface area contributed by atoms with Crippen LogP contribution in [0.15, 0.2) is 99.4 Å². The molecule has 0 fully saturated rings. The molecule has 0 aliphatic rings. The number of fused-ring (bicyclic) bond motifs is 2. The molecule has 6 nitrogen and oxygen atoms in total. The van der Waals surface area contributed by atoms with E-state index < -0.39 is 0 Å². The summed E-state index contributed by atoms with van der Waals surface area (Å²) in [5.74, 6) is 1.66. The Morgan fingerprint density at radius 1 is 0.933 bits per heavy atom. The van der Waals surface area contributed by atoms with Crippen molar-refractivity contribution in [1.82, 2.24) is 9.66 Å². The Hall–Kier alpha value is -4.19. The van der Waals surface area contributed by atoms with Gasteiger partial charge in [0.15, 0.2) is 5.82 Å². The van der Waals surface area contributed by atoms with Gasteiger partial charge >= 0.3 is 0 Å². The second-order valence-electron chi connectivity index (χ2n) is 6.69. The molecule has 0 aliphatic carbocycles. The Bertz CT molecular complexity index is 1410. The van der Waals surface area contributed by atoms with Gasteiger partial charge in [0.25, 0.3) is 5.56 Å². The Morgan fingerprint density at radius 3 is 2.60 bits per heavy atom. The Labute approximate surface area is 171 Å². The summed E-state index contributed by atoms with van der Waals surface area (Å²) in [5, 5.41) is 6.88. The monoisotopic (exact) mass is 395 g/mol. The summed E-state index contributed by atoms with van der Waals surface area (Å²) in [6.07, 6.45) is 3.03. The number of hydrogen-bond acceptors (Lipinski definition) is 5. The van der Waals surface area contributed by atoms with Crippen molar-refractivity contribution < 1.29 is 9.15 Å². The summed E-state index contributed by atoms with van der Waals surface area (Å²) in [7, 11) is 0. The molecule has 2 heterocycles. The molecule has 2 aromatic heterocycles. The lowest BCUT2D eigenvalue weighted by Gasteiger charge is -2.12. The molecule has 0 aliphatic heterocycles. The van der Waals surface area contributed by atoms with E-state index in [0.717, 1.165) is 16.5 Å². The molecule has 5 aromatic rings. The summed E-state index contributed by atoms with van der Waals surface area (Å²) in [4.78, 5) is 17.7. The van der Waals surface area contributed by atoms with E-state index in [9.17, 15) is 4.79 Å². The topological polar surface area (TPSA) is 69.6 Å². The van der Waals surface area contributed by atoms with Crippen LogP contribution in [0.3, 0.4) is 0 Å². The molecule has 5 rings (SSSR count). The minimum Gasteiger partial charge on any atom is -0.485 e. The number of rotatable bonds is 5. The second kappa shape index (κ2) is 7.67. The number of furan rings is 1. The zero-order chi connectivity index (χ0) is 20.3. The smallest absolute Gasteiger partial charge is 0.282 e. The average molecular weight is 395 g/mol. The van der Waals surface area contributed by atoms with Gasteiger partial charge in [0.1, 0.15) is 18.1 Å². The van der Waals surface area contributed by atoms with Crippen molar-refractivity contribution in [1.29, 1.82) is 0 Å². The zero-order valence-electron chi connectivity index (χ0n) is 15.9. The third kappa shape index (κ3) is 3.35. The van der Waals surface area contributed by atoms with E-state index in [0.29, 0.717) is 22.5 Å². The van der Waals surface area contributed by atoms with E-state index in [-0.39, 0.29) is 12.2 Å². The van der Waals surface area contributed by atoms with Gasteiger partial charge < -0.3 is 9.15 Å². The van der Waals surface area contributed by atoms with E-state index in [4.69, 9.17) is 9.15 Å². The van der Waals surface area contributed by atoms with Crippen LogP contribution >= 0.6 is 0 Å². The molecular weight excluding hydrogens is 378 g/mol. The number of benzene rings is 3. The molecule has 0 amide bonds. The molecular formula is C24H17N3O3. The standard InChI is InChI=1S/C24H17N3O3/c28-24-20-11-3-4-12-21(20)26-23(27(24)25-15-18-9-6-14-29-18)16-30-22-13-5-8-17-7-1-2-10-19(17)22/h1-15H,16H2. The molecule has 0 spiro atoms. The maximum Gasteiger partial charge on any atom is 0.282 e. The Balaban J connectivity index is 1.57. The first-order valence-corrected chi connectivity index (χ1v) is 9.49. The minimum atomic E-state index is -0.264. The third-order valence-electron chi connectivity index (χ3n) is 4.77. The molecule has 0 saturated heterocycles. The molecule has 0 unspecified atom stereocenters. The third-order valence-corrected chi connectivity index (χ3v) is 4.77.